The number of nitrogens with one attached hydrogen (secondary N) is 1. The quantitative estimate of drug-likeness (QED) is 0.784. The Morgan fingerprint density at radius 3 is 2.70 bits per heavy atom. The highest BCUT2D eigenvalue weighted by Gasteiger charge is 2.24. The molecule has 0 spiro atoms. The van der Waals surface area contributed by atoms with Gasteiger partial charge in [0.15, 0.2) is 0 Å². The van der Waals surface area contributed by atoms with Gasteiger partial charge in [-0.15, -0.1) is 24.8 Å². The number of carbonyl (C=O) groups is 1. The normalized spacial score (nSPS) is 18.6. The van der Waals surface area contributed by atoms with Crippen LogP contribution in [-0.2, 0) is 11.3 Å². The smallest absolute Gasteiger partial charge is 0.220 e. The summed E-state index contributed by atoms with van der Waals surface area (Å²) < 4.78 is 0. The number of hydrogen-bond acceptors (Lipinski definition) is 3. The Kier molecular flexibility index (Phi) is 11.3. The summed E-state index contributed by atoms with van der Waals surface area (Å²) in [4.78, 5) is 14.3. The van der Waals surface area contributed by atoms with E-state index in [9.17, 15) is 4.79 Å². The predicted octanol–water partition coefficient (Wildman–Crippen LogP) is 2.74. The van der Waals surface area contributed by atoms with E-state index in [0.717, 1.165) is 26.1 Å². The third-order valence-corrected chi connectivity index (χ3v) is 4.09. The van der Waals surface area contributed by atoms with Gasteiger partial charge in [-0.1, -0.05) is 30.3 Å². The largest absolute Gasteiger partial charge is 0.355 e. The van der Waals surface area contributed by atoms with E-state index < -0.39 is 0 Å². The van der Waals surface area contributed by atoms with Crippen LogP contribution in [0.15, 0.2) is 30.3 Å². The summed E-state index contributed by atoms with van der Waals surface area (Å²) in [5.74, 6) is 0.124. The van der Waals surface area contributed by atoms with E-state index in [1.54, 1.807) is 0 Å². The molecule has 132 valence electrons. The molecule has 1 saturated heterocycles. The molecule has 1 fully saturated rings. The molecule has 4 nitrogen and oxygen atoms in total. The summed E-state index contributed by atoms with van der Waals surface area (Å²) in [6, 6.07) is 11.1. The SMILES string of the molecule is CC(N)CCC(=O)NCC1CCCN1Cc1ccccc1.Cl.Cl. The molecule has 1 aliphatic heterocycles. The van der Waals surface area contributed by atoms with Crippen molar-refractivity contribution in [2.45, 2.75) is 51.2 Å². The minimum absolute atomic E-state index is 0. The van der Waals surface area contributed by atoms with Crippen LogP contribution in [0.2, 0.25) is 0 Å². The predicted molar refractivity (Wildman–Crippen MR) is 100 cm³/mol. The van der Waals surface area contributed by atoms with Crippen LogP contribution in [0.3, 0.4) is 0 Å². The monoisotopic (exact) mass is 361 g/mol. The number of nitrogens with two attached hydrogens (primary N) is 1. The molecule has 23 heavy (non-hydrogen) atoms. The molecule has 1 heterocycles. The molecule has 1 aliphatic rings. The van der Waals surface area contributed by atoms with Gasteiger partial charge in [0.05, 0.1) is 0 Å². The van der Waals surface area contributed by atoms with Gasteiger partial charge in [0.25, 0.3) is 0 Å². The van der Waals surface area contributed by atoms with Gasteiger partial charge in [-0.3, -0.25) is 9.69 Å². The number of benzene rings is 1. The first-order valence-corrected chi connectivity index (χ1v) is 7.95. The van der Waals surface area contributed by atoms with Crippen molar-refractivity contribution in [1.82, 2.24) is 10.2 Å². The van der Waals surface area contributed by atoms with E-state index in [1.165, 1.54) is 18.4 Å². The summed E-state index contributed by atoms with van der Waals surface area (Å²) in [5, 5.41) is 3.06. The minimum atomic E-state index is 0. The summed E-state index contributed by atoms with van der Waals surface area (Å²) in [5.41, 5.74) is 7.02. The summed E-state index contributed by atoms with van der Waals surface area (Å²) in [6.07, 6.45) is 3.67. The second kappa shape index (κ2) is 11.7. The van der Waals surface area contributed by atoms with E-state index in [1.807, 2.05) is 13.0 Å². The van der Waals surface area contributed by atoms with Crippen LogP contribution in [0.1, 0.15) is 38.2 Å². The third-order valence-electron chi connectivity index (χ3n) is 4.09. The van der Waals surface area contributed by atoms with Crippen LogP contribution in [-0.4, -0.2) is 36.0 Å². The summed E-state index contributed by atoms with van der Waals surface area (Å²) in [7, 11) is 0. The fourth-order valence-electron chi connectivity index (χ4n) is 2.83. The zero-order valence-electron chi connectivity index (χ0n) is 13.7. The fourth-order valence-corrected chi connectivity index (χ4v) is 2.83. The highest BCUT2D eigenvalue weighted by Crippen LogP contribution is 2.19. The molecule has 1 aromatic carbocycles. The van der Waals surface area contributed by atoms with E-state index in [-0.39, 0.29) is 36.8 Å². The number of nitrogens with zero attached hydrogens (tertiary/aromatic N) is 1. The molecule has 3 N–H and O–H groups in total. The maximum absolute atomic E-state index is 11.8. The van der Waals surface area contributed by atoms with Crippen molar-refractivity contribution < 1.29 is 4.79 Å². The number of halogens is 2. The Labute approximate surface area is 152 Å². The van der Waals surface area contributed by atoms with Crippen LogP contribution >= 0.6 is 24.8 Å². The van der Waals surface area contributed by atoms with Crippen molar-refractivity contribution in [2.75, 3.05) is 13.1 Å². The topological polar surface area (TPSA) is 58.4 Å². The molecule has 2 rings (SSSR count). The van der Waals surface area contributed by atoms with Crippen LogP contribution in [0.25, 0.3) is 0 Å². The van der Waals surface area contributed by atoms with E-state index in [0.29, 0.717) is 12.5 Å². The lowest BCUT2D eigenvalue weighted by atomic mass is 10.1. The van der Waals surface area contributed by atoms with E-state index in [4.69, 9.17) is 5.73 Å². The molecule has 6 heteroatoms. The molecule has 0 saturated carbocycles. The molecule has 2 unspecified atom stereocenters. The van der Waals surface area contributed by atoms with Crippen LogP contribution < -0.4 is 11.1 Å². The molecular formula is C17H29Cl2N3O. The van der Waals surface area contributed by atoms with Crippen molar-refractivity contribution in [3.8, 4) is 0 Å². The summed E-state index contributed by atoms with van der Waals surface area (Å²) >= 11 is 0. The Balaban J connectivity index is 0.00000242. The lowest BCUT2D eigenvalue weighted by molar-refractivity contribution is -0.121. The Morgan fingerprint density at radius 2 is 2.04 bits per heavy atom. The van der Waals surface area contributed by atoms with Gasteiger partial charge in [0.2, 0.25) is 5.91 Å². The van der Waals surface area contributed by atoms with E-state index >= 15 is 0 Å². The molecule has 0 aromatic heterocycles. The van der Waals surface area contributed by atoms with Gasteiger partial charge in [0.1, 0.15) is 0 Å². The van der Waals surface area contributed by atoms with Gasteiger partial charge >= 0.3 is 0 Å². The first-order valence-electron chi connectivity index (χ1n) is 7.95. The standard InChI is InChI=1S/C17H27N3O.2ClH/c1-14(18)9-10-17(21)19-12-16-8-5-11-20(16)13-15-6-3-2-4-7-15;;/h2-4,6-7,14,16H,5,8-13,18H2,1H3,(H,19,21);2*1H. The lowest BCUT2D eigenvalue weighted by Gasteiger charge is -2.24. The van der Waals surface area contributed by atoms with Gasteiger partial charge < -0.3 is 11.1 Å². The average Bonchev–Trinajstić information content (AvgIpc) is 2.91. The lowest BCUT2D eigenvalue weighted by Crippen LogP contribution is -2.40. The number of carbonyl (C=O) groups excluding carboxylic acids is 1. The second-order valence-corrected chi connectivity index (χ2v) is 6.07. The number of amides is 1. The van der Waals surface area contributed by atoms with Crippen LogP contribution in [0.5, 0.6) is 0 Å². The maximum Gasteiger partial charge on any atom is 0.220 e. The maximum atomic E-state index is 11.8. The second-order valence-electron chi connectivity index (χ2n) is 6.07. The first-order chi connectivity index (χ1) is 10.1. The molecule has 2 atom stereocenters. The number of likely N-dealkylation sites (tertiary alicyclic amines) is 1. The Hall–Kier alpha value is -0.810. The first kappa shape index (κ1) is 22.2. The van der Waals surface area contributed by atoms with Crippen molar-refractivity contribution in [1.29, 1.82) is 0 Å². The Morgan fingerprint density at radius 1 is 1.35 bits per heavy atom. The van der Waals surface area contributed by atoms with Crippen molar-refractivity contribution in [3.05, 3.63) is 35.9 Å². The highest BCUT2D eigenvalue weighted by molar-refractivity contribution is 5.85. The number of hydrogen-bond donors (Lipinski definition) is 2. The van der Waals surface area contributed by atoms with E-state index in [2.05, 4.69) is 34.5 Å². The Bertz CT molecular complexity index is 443. The third kappa shape index (κ3) is 8.02. The highest BCUT2D eigenvalue weighted by atomic mass is 35.5. The van der Waals surface area contributed by atoms with Crippen molar-refractivity contribution >= 4 is 30.7 Å². The molecular weight excluding hydrogens is 333 g/mol. The number of rotatable bonds is 7. The summed E-state index contributed by atoms with van der Waals surface area (Å²) in [6.45, 7) is 4.78. The fraction of sp³-hybridized carbons (Fsp3) is 0.588. The van der Waals surface area contributed by atoms with Gasteiger partial charge in [-0.25, -0.2) is 0 Å². The van der Waals surface area contributed by atoms with Gasteiger partial charge in [-0.05, 0) is 38.3 Å². The zero-order valence-corrected chi connectivity index (χ0v) is 15.4. The van der Waals surface area contributed by atoms with Crippen molar-refractivity contribution in [3.63, 3.8) is 0 Å². The molecule has 0 bridgehead atoms. The van der Waals surface area contributed by atoms with Gasteiger partial charge in [-0.2, -0.15) is 0 Å². The molecule has 0 radical (unpaired) electrons. The minimum Gasteiger partial charge on any atom is -0.355 e. The van der Waals surface area contributed by atoms with Crippen LogP contribution in [0.4, 0.5) is 0 Å². The average molecular weight is 362 g/mol. The van der Waals surface area contributed by atoms with Gasteiger partial charge in [0, 0.05) is 31.6 Å². The molecule has 1 aromatic rings. The van der Waals surface area contributed by atoms with Crippen LogP contribution in [0, 0.1) is 0 Å². The molecule has 0 aliphatic carbocycles. The van der Waals surface area contributed by atoms with Crippen molar-refractivity contribution in [2.24, 2.45) is 5.73 Å². The zero-order chi connectivity index (χ0) is 15.1. The molecule has 1 amide bonds.